The van der Waals surface area contributed by atoms with Crippen molar-refractivity contribution in [3.8, 4) is 11.4 Å². The smallest absolute Gasteiger partial charge is 0.175 e. The molecule has 19 heavy (non-hydrogen) atoms. The lowest BCUT2D eigenvalue weighted by Gasteiger charge is -2.07. The van der Waals surface area contributed by atoms with Gasteiger partial charge in [0.05, 0.1) is 4.90 Å². The van der Waals surface area contributed by atoms with Crippen LogP contribution in [0.15, 0.2) is 29.2 Å². The summed E-state index contributed by atoms with van der Waals surface area (Å²) in [5.74, 6) is 1.01. The van der Waals surface area contributed by atoms with Gasteiger partial charge in [0.15, 0.2) is 21.5 Å². The number of nitrogens with zero attached hydrogens (tertiary/aromatic N) is 3. The summed E-state index contributed by atoms with van der Waals surface area (Å²) < 4.78 is 24.9. The summed E-state index contributed by atoms with van der Waals surface area (Å²) in [6, 6.07) is 6.54. The molecule has 1 aromatic carbocycles. The maximum Gasteiger partial charge on any atom is 0.175 e. The van der Waals surface area contributed by atoms with Gasteiger partial charge in [-0.2, -0.15) is 0 Å². The number of aliphatic hydroxyl groups excluding tert-OH is 1. The van der Waals surface area contributed by atoms with Gasteiger partial charge in [0.1, 0.15) is 6.61 Å². The second kappa shape index (κ2) is 5.10. The van der Waals surface area contributed by atoms with Crippen molar-refractivity contribution in [2.24, 2.45) is 0 Å². The first-order chi connectivity index (χ1) is 8.97. The van der Waals surface area contributed by atoms with E-state index >= 15 is 0 Å². The summed E-state index contributed by atoms with van der Waals surface area (Å²) in [5.41, 5.74) is 0.664. The Labute approximate surface area is 111 Å². The van der Waals surface area contributed by atoms with E-state index in [9.17, 15) is 13.5 Å². The van der Waals surface area contributed by atoms with E-state index in [1.54, 1.807) is 28.8 Å². The fraction of sp³-hybridized carbons (Fsp3) is 0.333. The summed E-state index contributed by atoms with van der Waals surface area (Å²) in [4.78, 5) is 0.237. The van der Waals surface area contributed by atoms with Crippen molar-refractivity contribution < 1.29 is 13.5 Å². The standard InChI is InChI=1S/C12H15N3O3S/c1-3-15-11(8-16)13-14-12(15)9-5-4-6-10(7-9)19(2,17)18/h4-7,16H,3,8H2,1-2H3. The Morgan fingerprint density at radius 3 is 2.63 bits per heavy atom. The van der Waals surface area contributed by atoms with Gasteiger partial charge in [-0.25, -0.2) is 8.42 Å². The van der Waals surface area contributed by atoms with Gasteiger partial charge in [-0.3, -0.25) is 0 Å². The van der Waals surface area contributed by atoms with Crippen LogP contribution in [0.4, 0.5) is 0 Å². The van der Waals surface area contributed by atoms with E-state index in [1.807, 2.05) is 6.92 Å². The Hall–Kier alpha value is -1.73. The highest BCUT2D eigenvalue weighted by molar-refractivity contribution is 7.90. The molecule has 1 N–H and O–H groups in total. The van der Waals surface area contributed by atoms with Crippen LogP contribution in [0.3, 0.4) is 0 Å². The van der Waals surface area contributed by atoms with Gasteiger partial charge in [-0.05, 0) is 19.1 Å². The van der Waals surface area contributed by atoms with Crippen LogP contribution in [-0.4, -0.2) is 34.5 Å². The predicted octanol–water partition coefficient (Wildman–Crippen LogP) is 0.861. The zero-order valence-electron chi connectivity index (χ0n) is 10.7. The zero-order valence-corrected chi connectivity index (χ0v) is 11.6. The summed E-state index contributed by atoms with van der Waals surface area (Å²) in [7, 11) is -3.26. The van der Waals surface area contributed by atoms with E-state index in [4.69, 9.17) is 0 Å². The summed E-state index contributed by atoms with van der Waals surface area (Å²) >= 11 is 0. The highest BCUT2D eigenvalue weighted by Gasteiger charge is 2.14. The number of hydrogen-bond acceptors (Lipinski definition) is 5. The fourth-order valence-electron chi connectivity index (χ4n) is 1.86. The molecule has 0 fully saturated rings. The normalized spacial score (nSPS) is 11.7. The fourth-order valence-corrected chi connectivity index (χ4v) is 2.53. The molecular weight excluding hydrogens is 266 g/mol. The van der Waals surface area contributed by atoms with Crippen molar-refractivity contribution >= 4 is 9.84 Å². The second-order valence-electron chi connectivity index (χ2n) is 4.14. The van der Waals surface area contributed by atoms with Crippen molar-refractivity contribution in [1.29, 1.82) is 0 Å². The highest BCUT2D eigenvalue weighted by Crippen LogP contribution is 2.21. The number of benzene rings is 1. The largest absolute Gasteiger partial charge is 0.388 e. The molecule has 0 spiro atoms. The molecule has 0 bridgehead atoms. The molecule has 0 saturated carbocycles. The van der Waals surface area contributed by atoms with Crippen LogP contribution >= 0.6 is 0 Å². The van der Waals surface area contributed by atoms with E-state index in [0.717, 1.165) is 6.26 Å². The molecule has 0 aliphatic heterocycles. The molecule has 0 amide bonds. The van der Waals surface area contributed by atoms with Crippen LogP contribution in [-0.2, 0) is 23.0 Å². The zero-order chi connectivity index (χ0) is 14.0. The second-order valence-corrected chi connectivity index (χ2v) is 6.16. The summed E-state index contributed by atoms with van der Waals surface area (Å²) in [5, 5.41) is 17.1. The number of aromatic nitrogens is 3. The Morgan fingerprint density at radius 2 is 2.05 bits per heavy atom. The van der Waals surface area contributed by atoms with Crippen molar-refractivity contribution in [1.82, 2.24) is 14.8 Å². The highest BCUT2D eigenvalue weighted by atomic mass is 32.2. The van der Waals surface area contributed by atoms with Gasteiger partial charge in [0, 0.05) is 18.4 Å². The Morgan fingerprint density at radius 1 is 1.32 bits per heavy atom. The minimum Gasteiger partial charge on any atom is -0.388 e. The first-order valence-electron chi connectivity index (χ1n) is 5.80. The molecule has 0 aliphatic carbocycles. The van der Waals surface area contributed by atoms with Gasteiger partial charge in [-0.15, -0.1) is 10.2 Å². The molecule has 0 atom stereocenters. The molecule has 0 saturated heterocycles. The third-order valence-corrected chi connectivity index (χ3v) is 3.92. The minimum atomic E-state index is -3.26. The molecule has 102 valence electrons. The molecule has 0 radical (unpaired) electrons. The quantitative estimate of drug-likeness (QED) is 0.898. The molecule has 0 aliphatic rings. The molecule has 7 heteroatoms. The van der Waals surface area contributed by atoms with Gasteiger partial charge in [-0.1, -0.05) is 12.1 Å². The number of rotatable bonds is 4. The lowest BCUT2D eigenvalue weighted by molar-refractivity contribution is 0.265. The van der Waals surface area contributed by atoms with Crippen LogP contribution < -0.4 is 0 Å². The van der Waals surface area contributed by atoms with Gasteiger partial charge in [0.2, 0.25) is 0 Å². The number of hydrogen-bond donors (Lipinski definition) is 1. The molecule has 6 nitrogen and oxygen atoms in total. The van der Waals surface area contributed by atoms with Crippen LogP contribution in [0.25, 0.3) is 11.4 Å². The van der Waals surface area contributed by atoms with E-state index in [-0.39, 0.29) is 11.5 Å². The topological polar surface area (TPSA) is 85.1 Å². The average Bonchev–Trinajstić information content (AvgIpc) is 2.80. The molecule has 1 heterocycles. The van der Waals surface area contributed by atoms with Crippen LogP contribution in [0.5, 0.6) is 0 Å². The number of aliphatic hydroxyl groups is 1. The first-order valence-corrected chi connectivity index (χ1v) is 7.70. The molecule has 0 unspecified atom stereocenters. The van der Waals surface area contributed by atoms with E-state index in [2.05, 4.69) is 10.2 Å². The Bertz CT molecular complexity index is 692. The van der Waals surface area contributed by atoms with Gasteiger partial charge < -0.3 is 9.67 Å². The van der Waals surface area contributed by atoms with Gasteiger partial charge in [0.25, 0.3) is 0 Å². The van der Waals surface area contributed by atoms with Crippen LogP contribution in [0.1, 0.15) is 12.7 Å². The maximum atomic E-state index is 11.5. The lowest BCUT2D eigenvalue weighted by atomic mass is 10.2. The van der Waals surface area contributed by atoms with E-state index < -0.39 is 9.84 Å². The predicted molar refractivity (Wildman–Crippen MR) is 70.2 cm³/mol. The van der Waals surface area contributed by atoms with E-state index in [0.29, 0.717) is 23.8 Å². The minimum absolute atomic E-state index is 0.202. The SMILES string of the molecule is CCn1c(CO)nnc1-c1cccc(S(C)(=O)=O)c1. The average molecular weight is 281 g/mol. The summed E-state index contributed by atoms with van der Waals surface area (Å²) in [6.45, 7) is 2.31. The van der Waals surface area contributed by atoms with Gasteiger partial charge >= 0.3 is 0 Å². The Kier molecular flexibility index (Phi) is 3.68. The third-order valence-electron chi connectivity index (χ3n) is 2.81. The first kappa shape index (κ1) is 13.7. The van der Waals surface area contributed by atoms with Crippen molar-refractivity contribution in [3.05, 3.63) is 30.1 Å². The molecule has 2 rings (SSSR count). The third kappa shape index (κ3) is 2.66. The molecule has 2 aromatic rings. The molecule has 1 aromatic heterocycles. The van der Waals surface area contributed by atoms with Crippen molar-refractivity contribution in [2.45, 2.75) is 25.0 Å². The van der Waals surface area contributed by atoms with E-state index in [1.165, 1.54) is 0 Å². The monoisotopic (exact) mass is 281 g/mol. The molecular formula is C12H15N3O3S. The Balaban J connectivity index is 2.57. The van der Waals surface area contributed by atoms with Crippen LogP contribution in [0, 0.1) is 0 Å². The lowest BCUT2D eigenvalue weighted by Crippen LogP contribution is -2.04. The van der Waals surface area contributed by atoms with Crippen molar-refractivity contribution in [2.75, 3.05) is 6.26 Å². The summed E-state index contributed by atoms with van der Waals surface area (Å²) in [6.07, 6.45) is 1.16. The van der Waals surface area contributed by atoms with Crippen molar-refractivity contribution in [3.63, 3.8) is 0 Å². The maximum absolute atomic E-state index is 11.5. The van der Waals surface area contributed by atoms with Crippen LogP contribution in [0.2, 0.25) is 0 Å². The number of sulfone groups is 1.